The van der Waals surface area contributed by atoms with E-state index in [0.717, 1.165) is 25.9 Å². The van der Waals surface area contributed by atoms with Crippen molar-refractivity contribution in [1.29, 1.82) is 0 Å². The van der Waals surface area contributed by atoms with E-state index < -0.39 is 11.6 Å². The molecule has 0 unspecified atom stereocenters. The molecule has 0 bridgehead atoms. The fourth-order valence-corrected chi connectivity index (χ4v) is 2.69. The van der Waals surface area contributed by atoms with Gasteiger partial charge in [-0.3, -0.25) is 4.90 Å². The summed E-state index contributed by atoms with van der Waals surface area (Å²) in [6.45, 7) is 2.08. The molecule has 1 aromatic carbocycles. The molecule has 1 aromatic rings. The highest BCUT2D eigenvalue weighted by atomic mass is 79.9. The van der Waals surface area contributed by atoms with Gasteiger partial charge in [0.15, 0.2) is 0 Å². The molecule has 1 aliphatic rings. The van der Waals surface area contributed by atoms with Crippen LogP contribution in [0, 0.1) is 11.6 Å². The predicted molar refractivity (Wildman–Crippen MR) is 71.4 cm³/mol. The van der Waals surface area contributed by atoms with Gasteiger partial charge in [-0.1, -0.05) is 0 Å². The fourth-order valence-electron chi connectivity index (χ4n) is 2.32. The highest BCUT2D eigenvalue weighted by Crippen LogP contribution is 2.24. The molecule has 0 aromatic heterocycles. The second-order valence-corrected chi connectivity index (χ2v) is 5.52. The molecule has 2 nitrogen and oxygen atoms in total. The molecule has 0 radical (unpaired) electrons. The molecule has 1 N–H and O–H groups in total. The van der Waals surface area contributed by atoms with Crippen LogP contribution < -0.4 is 5.32 Å². The van der Waals surface area contributed by atoms with Gasteiger partial charge < -0.3 is 5.32 Å². The Morgan fingerprint density at radius 2 is 2.00 bits per heavy atom. The SMILES string of the molecule is CNC1CCN(Cc2c(F)ccc(Br)c2F)CC1. The first kappa shape index (κ1) is 13.9. The zero-order valence-corrected chi connectivity index (χ0v) is 11.9. The lowest BCUT2D eigenvalue weighted by Crippen LogP contribution is -2.41. The van der Waals surface area contributed by atoms with Crippen LogP contribution in [0.5, 0.6) is 0 Å². The highest BCUT2D eigenvalue weighted by molar-refractivity contribution is 9.10. The lowest BCUT2D eigenvalue weighted by atomic mass is 10.0. The first-order valence-corrected chi connectivity index (χ1v) is 6.93. The first-order valence-electron chi connectivity index (χ1n) is 6.14. The van der Waals surface area contributed by atoms with Gasteiger partial charge in [-0.2, -0.15) is 0 Å². The molecule has 100 valence electrons. The van der Waals surface area contributed by atoms with Gasteiger partial charge in [-0.15, -0.1) is 0 Å². The molecule has 1 fully saturated rings. The van der Waals surface area contributed by atoms with Gasteiger partial charge in [0.25, 0.3) is 0 Å². The van der Waals surface area contributed by atoms with E-state index in [2.05, 4.69) is 26.1 Å². The molecule has 1 aliphatic heterocycles. The maximum Gasteiger partial charge on any atom is 0.144 e. The van der Waals surface area contributed by atoms with E-state index >= 15 is 0 Å². The topological polar surface area (TPSA) is 15.3 Å². The van der Waals surface area contributed by atoms with E-state index in [0.29, 0.717) is 17.1 Å². The van der Waals surface area contributed by atoms with Crippen molar-refractivity contribution in [2.75, 3.05) is 20.1 Å². The second kappa shape index (κ2) is 6.08. The Morgan fingerprint density at radius 1 is 1.33 bits per heavy atom. The Bertz CT molecular complexity index is 418. The summed E-state index contributed by atoms with van der Waals surface area (Å²) in [6, 6.07) is 3.24. The van der Waals surface area contributed by atoms with Crippen LogP contribution in [0.1, 0.15) is 18.4 Å². The van der Waals surface area contributed by atoms with Crippen LogP contribution in [0.15, 0.2) is 16.6 Å². The third-order valence-corrected chi connectivity index (χ3v) is 4.13. The van der Waals surface area contributed by atoms with E-state index in [1.807, 2.05) is 7.05 Å². The van der Waals surface area contributed by atoms with E-state index in [1.54, 1.807) is 0 Å². The van der Waals surface area contributed by atoms with E-state index in [9.17, 15) is 8.78 Å². The number of benzene rings is 1. The largest absolute Gasteiger partial charge is 0.317 e. The molecular weight excluding hydrogens is 302 g/mol. The van der Waals surface area contributed by atoms with Crippen LogP contribution in [0.2, 0.25) is 0 Å². The summed E-state index contributed by atoms with van der Waals surface area (Å²) >= 11 is 3.10. The smallest absolute Gasteiger partial charge is 0.144 e. The maximum atomic E-state index is 13.8. The molecule has 1 heterocycles. The molecule has 2 rings (SSSR count). The number of halogens is 3. The highest BCUT2D eigenvalue weighted by Gasteiger charge is 2.21. The minimum atomic E-state index is -0.481. The predicted octanol–water partition coefficient (Wildman–Crippen LogP) is 2.91. The molecule has 0 saturated carbocycles. The minimum Gasteiger partial charge on any atom is -0.317 e. The Balaban J connectivity index is 2.04. The summed E-state index contributed by atoms with van der Waals surface area (Å²) in [5.74, 6) is -0.947. The Morgan fingerprint density at radius 3 is 2.61 bits per heavy atom. The lowest BCUT2D eigenvalue weighted by molar-refractivity contribution is 0.190. The van der Waals surface area contributed by atoms with Crippen molar-refractivity contribution in [2.24, 2.45) is 0 Å². The molecule has 0 aliphatic carbocycles. The molecule has 1 saturated heterocycles. The van der Waals surface area contributed by atoms with Gasteiger partial charge in [-0.25, -0.2) is 8.78 Å². The van der Waals surface area contributed by atoms with Crippen LogP contribution in [0.25, 0.3) is 0 Å². The zero-order valence-electron chi connectivity index (χ0n) is 10.3. The monoisotopic (exact) mass is 318 g/mol. The van der Waals surface area contributed by atoms with Crippen LogP contribution in [-0.4, -0.2) is 31.1 Å². The number of piperidine rings is 1. The second-order valence-electron chi connectivity index (χ2n) is 4.66. The van der Waals surface area contributed by atoms with E-state index in [1.165, 1.54) is 12.1 Å². The standard InChI is InChI=1S/C13H17BrF2N2/c1-17-9-4-6-18(7-5-9)8-10-12(15)3-2-11(14)13(10)16/h2-3,9,17H,4-8H2,1H3. The van der Waals surface area contributed by atoms with E-state index in [4.69, 9.17) is 0 Å². The molecular formula is C13H17BrF2N2. The van der Waals surface area contributed by atoms with Crippen molar-refractivity contribution < 1.29 is 8.78 Å². The summed E-state index contributed by atoms with van der Waals surface area (Å²) in [6.07, 6.45) is 2.04. The molecule has 0 amide bonds. The number of hydrogen-bond donors (Lipinski definition) is 1. The normalized spacial score (nSPS) is 18.2. The number of nitrogens with zero attached hydrogens (tertiary/aromatic N) is 1. The summed E-state index contributed by atoms with van der Waals surface area (Å²) in [5.41, 5.74) is 0.160. The summed E-state index contributed by atoms with van der Waals surface area (Å²) < 4.78 is 27.8. The van der Waals surface area contributed by atoms with Gasteiger partial charge in [0.2, 0.25) is 0 Å². The molecule has 0 atom stereocenters. The van der Waals surface area contributed by atoms with Crippen molar-refractivity contribution in [3.8, 4) is 0 Å². The van der Waals surface area contributed by atoms with Gasteiger partial charge in [0, 0.05) is 18.2 Å². The van der Waals surface area contributed by atoms with Gasteiger partial charge in [0.1, 0.15) is 11.6 Å². The van der Waals surface area contributed by atoms with Crippen molar-refractivity contribution in [2.45, 2.75) is 25.4 Å². The molecule has 18 heavy (non-hydrogen) atoms. The van der Waals surface area contributed by atoms with Crippen LogP contribution in [-0.2, 0) is 6.54 Å². The van der Waals surface area contributed by atoms with Crippen LogP contribution in [0.3, 0.4) is 0 Å². The average Bonchev–Trinajstić information content (AvgIpc) is 2.40. The first-order chi connectivity index (χ1) is 8.61. The Kier molecular flexibility index (Phi) is 4.70. The van der Waals surface area contributed by atoms with Crippen molar-refractivity contribution in [1.82, 2.24) is 10.2 Å². The minimum absolute atomic E-state index is 0.160. The van der Waals surface area contributed by atoms with Crippen LogP contribution >= 0.6 is 15.9 Å². The van der Waals surface area contributed by atoms with Crippen molar-refractivity contribution in [3.63, 3.8) is 0 Å². The van der Waals surface area contributed by atoms with Crippen molar-refractivity contribution >= 4 is 15.9 Å². The van der Waals surface area contributed by atoms with Gasteiger partial charge >= 0.3 is 0 Å². The molecule has 0 spiro atoms. The van der Waals surface area contributed by atoms with Gasteiger partial charge in [-0.05, 0) is 61.0 Å². The third kappa shape index (κ3) is 3.08. The number of likely N-dealkylation sites (tertiary alicyclic amines) is 1. The summed E-state index contributed by atoms with van der Waals surface area (Å²) in [5, 5.41) is 3.24. The zero-order chi connectivity index (χ0) is 13.1. The molecule has 5 heteroatoms. The number of nitrogens with one attached hydrogen (secondary N) is 1. The summed E-state index contributed by atoms with van der Waals surface area (Å²) in [7, 11) is 1.95. The quantitative estimate of drug-likeness (QED) is 0.862. The number of hydrogen-bond acceptors (Lipinski definition) is 2. The Labute approximate surface area is 114 Å². The van der Waals surface area contributed by atoms with Crippen LogP contribution in [0.4, 0.5) is 8.78 Å². The van der Waals surface area contributed by atoms with E-state index in [-0.39, 0.29) is 5.56 Å². The van der Waals surface area contributed by atoms with Gasteiger partial charge in [0.05, 0.1) is 4.47 Å². The maximum absolute atomic E-state index is 13.8. The average molecular weight is 319 g/mol. The summed E-state index contributed by atoms with van der Waals surface area (Å²) in [4.78, 5) is 2.10. The van der Waals surface area contributed by atoms with Crippen molar-refractivity contribution in [3.05, 3.63) is 33.8 Å². The Hall–Kier alpha value is -0.520. The lowest BCUT2D eigenvalue weighted by Gasteiger charge is -2.31. The fraction of sp³-hybridized carbons (Fsp3) is 0.538. The third-order valence-electron chi connectivity index (χ3n) is 3.52. The number of rotatable bonds is 3.